The van der Waals surface area contributed by atoms with Gasteiger partial charge in [0.05, 0.1) is 23.3 Å². The van der Waals surface area contributed by atoms with Crippen LogP contribution in [0.1, 0.15) is 74.1 Å². The summed E-state index contributed by atoms with van der Waals surface area (Å²) in [5.41, 5.74) is 5.31. The smallest absolute Gasteiger partial charge is 0.338 e. The van der Waals surface area contributed by atoms with Gasteiger partial charge in [-0.25, -0.2) is 9.59 Å². The van der Waals surface area contributed by atoms with Gasteiger partial charge in [-0.15, -0.1) is 0 Å². The first-order chi connectivity index (χ1) is 16.4. The van der Waals surface area contributed by atoms with Gasteiger partial charge in [0.15, 0.2) is 0 Å². The van der Waals surface area contributed by atoms with Gasteiger partial charge < -0.3 is 9.47 Å². The largest absolute Gasteiger partial charge is 0.459 e. The monoisotopic (exact) mass is 458 g/mol. The van der Waals surface area contributed by atoms with Crippen LogP contribution in [0, 0.1) is 0 Å². The first-order valence-corrected chi connectivity index (χ1v) is 12.1. The average molecular weight is 459 g/mol. The highest BCUT2D eigenvalue weighted by Crippen LogP contribution is 2.26. The lowest BCUT2D eigenvalue weighted by Crippen LogP contribution is -2.14. The summed E-state index contributed by atoms with van der Waals surface area (Å²) in [4.78, 5) is 24.6. The highest BCUT2D eigenvalue weighted by Gasteiger charge is 2.13. The molecule has 0 heterocycles. The van der Waals surface area contributed by atoms with Crippen LogP contribution < -0.4 is 0 Å². The van der Waals surface area contributed by atoms with Gasteiger partial charge in [0.2, 0.25) is 0 Å². The first kappa shape index (κ1) is 25.2. The van der Waals surface area contributed by atoms with Gasteiger partial charge in [-0.2, -0.15) is 0 Å². The summed E-state index contributed by atoms with van der Waals surface area (Å²) in [7, 11) is 0. The fourth-order valence-corrected chi connectivity index (χ4v) is 3.89. The number of benzene rings is 3. The van der Waals surface area contributed by atoms with Crippen molar-refractivity contribution >= 4 is 11.9 Å². The molecule has 0 bridgehead atoms. The number of ether oxygens (including phenoxy) is 2. The zero-order valence-corrected chi connectivity index (χ0v) is 20.5. The number of hydrogen-bond donors (Lipinski definition) is 0. The zero-order chi connectivity index (χ0) is 24.5. The van der Waals surface area contributed by atoms with Crippen LogP contribution in [0.15, 0.2) is 72.8 Å². The van der Waals surface area contributed by atoms with E-state index in [9.17, 15) is 9.59 Å². The minimum Gasteiger partial charge on any atom is -0.459 e. The van der Waals surface area contributed by atoms with Gasteiger partial charge in [0, 0.05) is 0 Å². The Morgan fingerprint density at radius 2 is 0.824 bits per heavy atom. The van der Waals surface area contributed by atoms with Crippen LogP contribution >= 0.6 is 0 Å². The third-order valence-corrected chi connectivity index (χ3v) is 5.80. The van der Waals surface area contributed by atoms with E-state index in [2.05, 4.69) is 38.1 Å². The Hall–Kier alpha value is -3.40. The average Bonchev–Trinajstić information content (AvgIpc) is 2.84. The van der Waals surface area contributed by atoms with Gasteiger partial charge in [-0.3, -0.25) is 0 Å². The zero-order valence-electron chi connectivity index (χ0n) is 20.5. The minimum atomic E-state index is -0.282. The lowest BCUT2D eigenvalue weighted by atomic mass is 9.99. The van der Waals surface area contributed by atoms with Crippen molar-refractivity contribution < 1.29 is 19.1 Å². The summed E-state index contributed by atoms with van der Waals surface area (Å²) in [5, 5.41) is 0. The van der Waals surface area contributed by atoms with E-state index in [0.717, 1.165) is 47.9 Å². The Morgan fingerprint density at radius 1 is 0.559 bits per heavy atom. The molecule has 3 aromatic rings. The third kappa shape index (κ3) is 6.80. The standard InChI is InChI=1S/C30H34O4/c1-5-7-21(3)33-29(31)27-17-13-25(14-18-27)23-9-11-24(12-10-23)26-15-19-28(20-16-26)30(32)34-22(4)8-6-2/h9-22H,5-8H2,1-4H3/t21-,22-/m0/s1. The maximum atomic E-state index is 12.3. The molecule has 0 aliphatic rings. The summed E-state index contributed by atoms with van der Waals surface area (Å²) in [6.45, 7) is 7.99. The molecule has 34 heavy (non-hydrogen) atoms. The Balaban J connectivity index is 1.64. The summed E-state index contributed by atoms with van der Waals surface area (Å²) in [6, 6.07) is 23.2. The summed E-state index contributed by atoms with van der Waals surface area (Å²) in [6.07, 6.45) is 3.54. The first-order valence-electron chi connectivity index (χ1n) is 12.1. The topological polar surface area (TPSA) is 52.6 Å². The molecule has 0 amide bonds. The molecule has 178 valence electrons. The number of esters is 2. The van der Waals surface area contributed by atoms with E-state index in [1.807, 2.05) is 62.4 Å². The molecule has 0 radical (unpaired) electrons. The van der Waals surface area contributed by atoms with Gasteiger partial charge in [0.25, 0.3) is 0 Å². The Labute approximate surface area is 202 Å². The van der Waals surface area contributed by atoms with E-state index in [4.69, 9.17) is 9.47 Å². The van der Waals surface area contributed by atoms with Crippen LogP contribution in [0.2, 0.25) is 0 Å². The van der Waals surface area contributed by atoms with Crippen molar-refractivity contribution in [3.63, 3.8) is 0 Å². The highest BCUT2D eigenvalue weighted by molar-refractivity contribution is 5.91. The number of carbonyl (C=O) groups excluding carboxylic acids is 2. The SMILES string of the molecule is CCC[C@H](C)OC(=O)c1ccc(-c2ccc(-c3ccc(C(=O)O[C@@H](C)CCC)cc3)cc2)cc1. The fraction of sp³-hybridized carbons (Fsp3) is 0.333. The molecule has 0 fully saturated rings. The van der Waals surface area contributed by atoms with Crippen molar-refractivity contribution in [1.29, 1.82) is 0 Å². The fourth-order valence-electron chi connectivity index (χ4n) is 3.89. The molecule has 0 saturated heterocycles. The Bertz CT molecular complexity index is 978. The van der Waals surface area contributed by atoms with Crippen molar-refractivity contribution in [3.8, 4) is 22.3 Å². The predicted octanol–water partition coefficient (Wildman–Crippen LogP) is 7.71. The van der Waals surface area contributed by atoms with Crippen LogP contribution in [0.5, 0.6) is 0 Å². The van der Waals surface area contributed by atoms with Crippen LogP contribution in [0.4, 0.5) is 0 Å². The van der Waals surface area contributed by atoms with Crippen molar-refractivity contribution in [1.82, 2.24) is 0 Å². The molecule has 2 atom stereocenters. The normalized spacial score (nSPS) is 12.6. The second-order valence-electron chi connectivity index (χ2n) is 8.74. The second kappa shape index (κ2) is 12.2. The van der Waals surface area contributed by atoms with Crippen LogP contribution in [-0.2, 0) is 9.47 Å². The van der Waals surface area contributed by atoms with Gasteiger partial charge in [-0.05, 0) is 73.2 Å². The molecular weight excluding hydrogens is 424 g/mol. The van der Waals surface area contributed by atoms with E-state index < -0.39 is 0 Å². The predicted molar refractivity (Wildman–Crippen MR) is 137 cm³/mol. The van der Waals surface area contributed by atoms with Gasteiger partial charge in [-0.1, -0.05) is 75.2 Å². The van der Waals surface area contributed by atoms with Crippen LogP contribution in [0.25, 0.3) is 22.3 Å². The number of hydrogen-bond acceptors (Lipinski definition) is 4. The molecule has 0 aliphatic carbocycles. The van der Waals surface area contributed by atoms with E-state index in [0.29, 0.717) is 11.1 Å². The van der Waals surface area contributed by atoms with E-state index in [1.54, 1.807) is 0 Å². The molecule has 4 heteroatoms. The molecule has 4 nitrogen and oxygen atoms in total. The third-order valence-electron chi connectivity index (χ3n) is 5.80. The Kier molecular flexibility index (Phi) is 9.03. The summed E-state index contributed by atoms with van der Waals surface area (Å²) < 4.78 is 10.9. The summed E-state index contributed by atoms with van der Waals surface area (Å²) in [5.74, 6) is -0.565. The number of rotatable bonds is 10. The molecule has 0 aromatic heterocycles. The van der Waals surface area contributed by atoms with Crippen LogP contribution in [-0.4, -0.2) is 24.1 Å². The molecule has 0 saturated carbocycles. The molecule has 0 aliphatic heterocycles. The minimum absolute atomic E-state index is 0.0750. The molecule has 3 aromatic carbocycles. The lowest BCUT2D eigenvalue weighted by molar-refractivity contribution is 0.0313. The molecule has 0 spiro atoms. The van der Waals surface area contributed by atoms with Crippen molar-refractivity contribution in [2.45, 2.75) is 65.6 Å². The van der Waals surface area contributed by atoms with Crippen molar-refractivity contribution in [2.75, 3.05) is 0 Å². The second-order valence-corrected chi connectivity index (χ2v) is 8.74. The Morgan fingerprint density at radius 3 is 1.09 bits per heavy atom. The molecular formula is C30H34O4. The quantitative estimate of drug-likeness (QED) is 0.292. The molecule has 3 rings (SSSR count). The van der Waals surface area contributed by atoms with E-state index >= 15 is 0 Å². The maximum absolute atomic E-state index is 12.3. The van der Waals surface area contributed by atoms with Crippen LogP contribution in [0.3, 0.4) is 0 Å². The van der Waals surface area contributed by atoms with Crippen molar-refractivity contribution in [3.05, 3.63) is 83.9 Å². The molecule has 0 unspecified atom stereocenters. The molecule has 0 N–H and O–H groups in total. The highest BCUT2D eigenvalue weighted by atomic mass is 16.5. The van der Waals surface area contributed by atoms with E-state index in [-0.39, 0.29) is 24.1 Å². The van der Waals surface area contributed by atoms with Gasteiger partial charge in [0.1, 0.15) is 0 Å². The van der Waals surface area contributed by atoms with Crippen molar-refractivity contribution in [2.24, 2.45) is 0 Å². The maximum Gasteiger partial charge on any atom is 0.338 e. The lowest BCUT2D eigenvalue weighted by Gasteiger charge is -2.12. The summed E-state index contributed by atoms with van der Waals surface area (Å²) >= 11 is 0. The van der Waals surface area contributed by atoms with Gasteiger partial charge >= 0.3 is 11.9 Å². The van der Waals surface area contributed by atoms with E-state index in [1.165, 1.54) is 0 Å². The number of carbonyl (C=O) groups is 2.